The van der Waals surface area contributed by atoms with Crippen LogP contribution >= 0.6 is 11.3 Å². The van der Waals surface area contributed by atoms with E-state index in [9.17, 15) is 14.7 Å². The fourth-order valence-electron chi connectivity index (χ4n) is 3.36. The fraction of sp³-hybridized carbons (Fsp3) is 0.381. The lowest BCUT2D eigenvalue weighted by Gasteiger charge is -2.14. The van der Waals surface area contributed by atoms with Gasteiger partial charge in [0.05, 0.1) is 11.1 Å². The Morgan fingerprint density at radius 2 is 2.28 bits per heavy atom. The molecule has 7 nitrogen and oxygen atoms in total. The smallest absolute Gasteiger partial charge is 0.341 e. The van der Waals surface area contributed by atoms with Gasteiger partial charge in [-0.15, -0.1) is 11.3 Å². The minimum absolute atomic E-state index is 0.0604. The lowest BCUT2D eigenvalue weighted by Crippen LogP contribution is -2.24. The molecule has 0 spiro atoms. The highest BCUT2D eigenvalue weighted by Crippen LogP contribution is 2.39. The van der Waals surface area contributed by atoms with Gasteiger partial charge in [-0.3, -0.25) is 4.79 Å². The first-order chi connectivity index (χ1) is 13.8. The molecule has 4 rings (SSSR count). The maximum atomic E-state index is 12.8. The van der Waals surface area contributed by atoms with Crippen LogP contribution in [0.1, 0.15) is 46.4 Å². The molecular formula is C21H21N3O4S. The maximum Gasteiger partial charge on any atom is 0.341 e. The molecule has 0 amide bonds. The molecule has 1 aliphatic rings. The summed E-state index contributed by atoms with van der Waals surface area (Å²) in [6, 6.07) is 0. The van der Waals surface area contributed by atoms with Crippen molar-refractivity contribution in [1.29, 1.82) is 0 Å². The number of hydrogen-bond donors (Lipinski definition) is 2. The molecule has 1 saturated carbocycles. The van der Waals surface area contributed by atoms with Gasteiger partial charge in [-0.1, -0.05) is 11.8 Å². The van der Waals surface area contributed by atoms with Crippen LogP contribution < -0.4 is 5.56 Å². The monoisotopic (exact) mass is 411 g/mol. The molecule has 0 aromatic carbocycles. The molecule has 29 heavy (non-hydrogen) atoms. The van der Waals surface area contributed by atoms with E-state index in [0.717, 1.165) is 12.8 Å². The first kappa shape index (κ1) is 19.4. The molecule has 150 valence electrons. The third-order valence-electron chi connectivity index (χ3n) is 5.15. The van der Waals surface area contributed by atoms with Crippen LogP contribution in [0.25, 0.3) is 10.9 Å². The van der Waals surface area contributed by atoms with Crippen LogP contribution in [0.15, 0.2) is 22.6 Å². The quantitative estimate of drug-likeness (QED) is 0.508. The van der Waals surface area contributed by atoms with E-state index in [4.69, 9.17) is 4.74 Å². The SMILES string of the molecule is Cc1[nH]c2c(=O)n(C)cc(C#CC(C)(O)C3CC3)c2c1C(=O)OCc1nccs1. The van der Waals surface area contributed by atoms with Gasteiger partial charge >= 0.3 is 5.97 Å². The number of aryl methyl sites for hydroxylation is 2. The third-order valence-corrected chi connectivity index (χ3v) is 5.90. The van der Waals surface area contributed by atoms with Crippen molar-refractivity contribution in [3.8, 4) is 11.8 Å². The number of nitrogens with one attached hydrogen (secondary N) is 1. The molecule has 3 aromatic rings. The standard InChI is InChI=1S/C21H21N3O4S/c1-12-16(20(26)28-11-15-22-8-9-29-15)17-13(6-7-21(2,27)14-4-5-14)10-24(3)19(25)18(17)23-12/h8-10,14,23,27H,4-5,11H2,1-3H3. The Morgan fingerprint density at radius 1 is 1.52 bits per heavy atom. The average molecular weight is 411 g/mol. The predicted octanol–water partition coefficient (Wildman–Crippen LogP) is 2.50. The summed E-state index contributed by atoms with van der Waals surface area (Å²) in [5.74, 6) is 5.53. The first-order valence-corrected chi connectivity index (χ1v) is 10.2. The normalized spacial score (nSPS) is 15.6. The Morgan fingerprint density at radius 3 is 2.93 bits per heavy atom. The van der Waals surface area contributed by atoms with Gasteiger partial charge in [-0.25, -0.2) is 9.78 Å². The highest BCUT2D eigenvalue weighted by Gasteiger charge is 2.38. The van der Waals surface area contributed by atoms with E-state index in [2.05, 4.69) is 21.8 Å². The molecule has 0 aliphatic heterocycles. The van der Waals surface area contributed by atoms with Gasteiger partial charge in [0.25, 0.3) is 5.56 Å². The van der Waals surface area contributed by atoms with Gasteiger partial charge in [0.2, 0.25) is 0 Å². The van der Waals surface area contributed by atoms with E-state index in [1.54, 1.807) is 33.3 Å². The van der Waals surface area contributed by atoms with E-state index in [-0.39, 0.29) is 23.6 Å². The van der Waals surface area contributed by atoms with E-state index < -0.39 is 11.6 Å². The number of ether oxygens (including phenoxy) is 1. The van der Waals surface area contributed by atoms with Crippen LogP contribution in [0.2, 0.25) is 0 Å². The number of aromatic nitrogens is 3. The second kappa shape index (κ2) is 7.17. The number of aliphatic hydroxyl groups is 1. The van der Waals surface area contributed by atoms with Crippen LogP contribution in [0.3, 0.4) is 0 Å². The number of aromatic amines is 1. The summed E-state index contributed by atoms with van der Waals surface area (Å²) in [7, 11) is 1.63. The number of carbonyl (C=O) groups excluding carboxylic acids is 1. The Balaban J connectivity index is 1.79. The highest BCUT2D eigenvalue weighted by molar-refractivity contribution is 7.09. The average Bonchev–Trinajstić information content (AvgIpc) is 3.31. The molecule has 8 heteroatoms. The lowest BCUT2D eigenvalue weighted by atomic mass is 10.00. The van der Waals surface area contributed by atoms with Crippen LogP contribution in [0.5, 0.6) is 0 Å². The van der Waals surface area contributed by atoms with Crippen molar-refractivity contribution in [1.82, 2.24) is 14.5 Å². The number of hydrogen-bond acceptors (Lipinski definition) is 6. The number of nitrogens with zero attached hydrogens (tertiary/aromatic N) is 2. The summed E-state index contributed by atoms with van der Waals surface area (Å²) < 4.78 is 6.84. The van der Waals surface area contributed by atoms with Gasteiger partial charge in [0, 0.05) is 35.9 Å². The van der Waals surface area contributed by atoms with Crippen molar-refractivity contribution < 1.29 is 14.6 Å². The second-order valence-corrected chi connectivity index (χ2v) is 8.49. The largest absolute Gasteiger partial charge is 0.455 e. The van der Waals surface area contributed by atoms with Gasteiger partial charge in [-0.05, 0) is 32.6 Å². The van der Waals surface area contributed by atoms with Gasteiger partial charge in [-0.2, -0.15) is 0 Å². The topological polar surface area (TPSA) is 97.2 Å². The van der Waals surface area contributed by atoms with Gasteiger partial charge < -0.3 is 19.4 Å². The molecule has 3 heterocycles. The molecule has 1 fully saturated rings. The fourth-order valence-corrected chi connectivity index (χ4v) is 3.89. The molecule has 0 radical (unpaired) electrons. The summed E-state index contributed by atoms with van der Waals surface area (Å²) in [5, 5.41) is 13.5. The lowest BCUT2D eigenvalue weighted by molar-refractivity contribution is 0.0474. The Hall–Kier alpha value is -2.89. The molecule has 1 atom stereocenters. The number of carbonyl (C=O) groups is 1. The van der Waals surface area contributed by atoms with Crippen molar-refractivity contribution in [3.63, 3.8) is 0 Å². The van der Waals surface area contributed by atoms with E-state index in [0.29, 0.717) is 27.2 Å². The van der Waals surface area contributed by atoms with Crippen LogP contribution in [-0.2, 0) is 18.4 Å². The van der Waals surface area contributed by atoms with Crippen molar-refractivity contribution in [2.75, 3.05) is 0 Å². The summed E-state index contributed by atoms with van der Waals surface area (Å²) in [4.78, 5) is 32.6. The minimum Gasteiger partial charge on any atom is -0.455 e. The third kappa shape index (κ3) is 3.71. The number of fused-ring (bicyclic) bond motifs is 1. The van der Waals surface area contributed by atoms with Gasteiger partial charge in [0.15, 0.2) is 0 Å². The van der Waals surface area contributed by atoms with Crippen LogP contribution in [-0.4, -0.2) is 31.2 Å². The van der Waals surface area contributed by atoms with Crippen LogP contribution in [0, 0.1) is 24.7 Å². The van der Waals surface area contributed by atoms with Crippen molar-refractivity contribution in [2.45, 2.75) is 38.9 Å². The number of thiazole rings is 1. The number of H-pyrrole nitrogens is 1. The van der Waals surface area contributed by atoms with E-state index in [1.165, 1.54) is 15.9 Å². The zero-order chi connectivity index (χ0) is 20.8. The maximum absolute atomic E-state index is 12.8. The zero-order valence-corrected chi connectivity index (χ0v) is 17.2. The Kier molecular flexibility index (Phi) is 4.81. The van der Waals surface area contributed by atoms with Crippen molar-refractivity contribution in [3.05, 3.63) is 50.0 Å². The summed E-state index contributed by atoms with van der Waals surface area (Å²) in [6.45, 7) is 3.48. The number of esters is 1. The highest BCUT2D eigenvalue weighted by atomic mass is 32.1. The first-order valence-electron chi connectivity index (χ1n) is 9.31. The summed E-state index contributed by atoms with van der Waals surface area (Å²) in [6.07, 6.45) is 5.13. The minimum atomic E-state index is -1.10. The Labute approximate surface area is 171 Å². The predicted molar refractivity (Wildman–Crippen MR) is 110 cm³/mol. The molecule has 2 N–H and O–H groups in total. The Bertz CT molecular complexity index is 1200. The number of rotatable bonds is 4. The molecule has 1 unspecified atom stereocenters. The molecular weight excluding hydrogens is 390 g/mol. The molecule has 0 bridgehead atoms. The molecule has 1 aliphatic carbocycles. The number of pyridine rings is 1. The second-order valence-electron chi connectivity index (χ2n) is 7.51. The van der Waals surface area contributed by atoms with E-state index >= 15 is 0 Å². The summed E-state index contributed by atoms with van der Waals surface area (Å²) >= 11 is 1.40. The zero-order valence-electron chi connectivity index (χ0n) is 16.4. The molecule has 3 aromatic heterocycles. The summed E-state index contributed by atoms with van der Waals surface area (Å²) in [5.41, 5.74) is 0.242. The van der Waals surface area contributed by atoms with Crippen LogP contribution in [0.4, 0.5) is 0 Å². The molecule has 0 saturated heterocycles. The van der Waals surface area contributed by atoms with Crippen molar-refractivity contribution in [2.24, 2.45) is 13.0 Å². The van der Waals surface area contributed by atoms with Crippen molar-refractivity contribution >= 4 is 28.2 Å². The van der Waals surface area contributed by atoms with E-state index in [1.807, 2.05) is 5.38 Å². The van der Waals surface area contributed by atoms with Gasteiger partial charge in [0.1, 0.15) is 22.7 Å².